The van der Waals surface area contributed by atoms with E-state index >= 15 is 0 Å². The predicted molar refractivity (Wildman–Crippen MR) is 106 cm³/mol. The van der Waals surface area contributed by atoms with Gasteiger partial charge in [0, 0.05) is 29.2 Å². The van der Waals surface area contributed by atoms with Crippen molar-refractivity contribution < 1.29 is 23.8 Å². The highest BCUT2D eigenvalue weighted by Crippen LogP contribution is 2.40. The van der Waals surface area contributed by atoms with Gasteiger partial charge in [-0.25, -0.2) is 4.79 Å². The topological polar surface area (TPSA) is 77.6 Å². The molecule has 0 amide bonds. The number of esters is 1. The van der Waals surface area contributed by atoms with Crippen LogP contribution in [0.3, 0.4) is 0 Å². The van der Waals surface area contributed by atoms with Crippen molar-refractivity contribution in [1.82, 2.24) is 4.98 Å². The van der Waals surface area contributed by atoms with Crippen molar-refractivity contribution >= 4 is 11.8 Å². The van der Waals surface area contributed by atoms with Crippen molar-refractivity contribution in [2.75, 3.05) is 20.8 Å². The number of hydrogen-bond acceptors (Lipinski definition) is 5. The third-order valence-electron chi connectivity index (χ3n) is 5.20. The van der Waals surface area contributed by atoms with Crippen LogP contribution in [0.4, 0.5) is 0 Å². The van der Waals surface area contributed by atoms with Crippen LogP contribution < -0.4 is 9.47 Å². The molecule has 6 nitrogen and oxygen atoms in total. The molecule has 0 unspecified atom stereocenters. The van der Waals surface area contributed by atoms with Crippen LogP contribution in [0.15, 0.2) is 18.2 Å². The number of aromatic amines is 1. The molecule has 0 aliphatic heterocycles. The monoisotopic (exact) mass is 385 g/mol. The van der Waals surface area contributed by atoms with Crippen molar-refractivity contribution in [3.63, 3.8) is 0 Å². The Bertz CT molecular complexity index is 883. The van der Waals surface area contributed by atoms with Gasteiger partial charge in [-0.3, -0.25) is 4.79 Å². The molecule has 1 atom stereocenters. The number of H-pyrrole nitrogens is 1. The van der Waals surface area contributed by atoms with Gasteiger partial charge in [-0.2, -0.15) is 0 Å². The van der Waals surface area contributed by atoms with Crippen LogP contribution >= 0.6 is 0 Å². The van der Waals surface area contributed by atoms with E-state index in [4.69, 9.17) is 14.2 Å². The summed E-state index contributed by atoms with van der Waals surface area (Å²) in [5.74, 6) is 1.05. The second-order valence-corrected chi connectivity index (χ2v) is 6.94. The van der Waals surface area contributed by atoms with E-state index in [0.717, 1.165) is 34.7 Å². The van der Waals surface area contributed by atoms with Gasteiger partial charge in [-0.05, 0) is 43.5 Å². The predicted octanol–water partition coefficient (Wildman–Crippen LogP) is 4.07. The first-order valence-corrected chi connectivity index (χ1v) is 9.69. The minimum atomic E-state index is -0.399. The van der Waals surface area contributed by atoms with Crippen molar-refractivity contribution in [2.24, 2.45) is 0 Å². The molecule has 0 saturated carbocycles. The Balaban J connectivity index is 2.03. The third-order valence-corrected chi connectivity index (χ3v) is 5.20. The number of aromatic nitrogens is 1. The quantitative estimate of drug-likeness (QED) is 0.727. The standard InChI is InChI=1S/C22H27NO5/c1-5-7-15-20-17(23-21(15)22(25)28-6-2)10-13(11-18(20)24)16-12-14(26-3)8-9-19(16)27-4/h8-9,12-13,23H,5-7,10-11H2,1-4H3/t13-/m1/s1. The van der Waals surface area contributed by atoms with Gasteiger partial charge >= 0.3 is 5.97 Å². The second-order valence-electron chi connectivity index (χ2n) is 6.94. The molecule has 6 heteroatoms. The number of ether oxygens (including phenoxy) is 3. The summed E-state index contributed by atoms with van der Waals surface area (Å²) in [6.07, 6.45) is 2.50. The fourth-order valence-electron chi connectivity index (χ4n) is 3.99. The molecule has 2 aromatic rings. The van der Waals surface area contributed by atoms with E-state index in [1.54, 1.807) is 21.1 Å². The molecule has 0 bridgehead atoms. The molecular weight excluding hydrogens is 358 g/mol. The zero-order valence-electron chi connectivity index (χ0n) is 16.9. The Labute approximate surface area is 165 Å². The first-order valence-electron chi connectivity index (χ1n) is 9.69. The molecule has 3 rings (SSSR count). The van der Waals surface area contributed by atoms with E-state index in [1.807, 2.05) is 25.1 Å². The van der Waals surface area contributed by atoms with Crippen LogP contribution in [0, 0.1) is 0 Å². The average molecular weight is 385 g/mol. The van der Waals surface area contributed by atoms with Gasteiger partial charge in [-0.1, -0.05) is 13.3 Å². The Morgan fingerprint density at radius 3 is 2.61 bits per heavy atom. The summed E-state index contributed by atoms with van der Waals surface area (Å²) < 4.78 is 16.0. The van der Waals surface area contributed by atoms with Gasteiger partial charge in [0.15, 0.2) is 5.78 Å². The van der Waals surface area contributed by atoms with Crippen LogP contribution in [0.5, 0.6) is 11.5 Å². The van der Waals surface area contributed by atoms with Gasteiger partial charge in [0.25, 0.3) is 0 Å². The van der Waals surface area contributed by atoms with E-state index in [9.17, 15) is 9.59 Å². The second kappa shape index (κ2) is 8.50. The van der Waals surface area contributed by atoms with Crippen LogP contribution in [-0.2, 0) is 17.6 Å². The fourth-order valence-corrected chi connectivity index (χ4v) is 3.99. The lowest BCUT2D eigenvalue weighted by molar-refractivity contribution is 0.0518. The number of methoxy groups -OCH3 is 2. The normalized spacial score (nSPS) is 15.9. The third kappa shape index (κ3) is 3.63. The van der Waals surface area contributed by atoms with E-state index in [1.165, 1.54) is 0 Å². The molecule has 0 spiro atoms. The maximum atomic E-state index is 13.1. The maximum Gasteiger partial charge on any atom is 0.355 e. The molecule has 150 valence electrons. The Hall–Kier alpha value is -2.76. The first-order chi connectivity index (χ1) is 13.5. The van der Waals surface area contributed by atoms with Crippen molar-refractivity contribution in [3.8, 4) is 11.5 Å². The van der Waals surface area contributed by atoms with Gasteiger partial charge in [0.2, 0.25) is 0 Å². The molecule has 1 heterocycles. The summed E-state index contributed by atoms with van der Waals surface area (Å²) in [7, 11) is 3.23. The molecule has 1 aromatic carbocycles. The minimum absolute atomic E-state index is 0.0476. The largest absolute Gasteiger partial charge is 0.497 e. The van der Waals surface area contributed by atoms with Gasteiger partial charge in [0.05, 0.1) is 20.8 Å². The fraction of sp³-hybridized carbons (Fsp3) is 0.455. The van der Waals surface area contributed by atoms with Crippen LogP contribution in [0.25, 0.3) is 0 Å². The Morgan fingerprint density at radius 1 is 1.18 bits per heavy atom. The zero-order valence-corrected chi connectivity index (χ0v) is 16.9. The summed E-state index contributed by atoms with van der Waals surface area (Å²) in [4.78, 5) is 28.7. The van der Waals surface area contributed by atoms with Crippen LogP contribution in [0.1, 0.15) is 70.3 Å². The number of nitrogens with one attached hydrogen (secondary N) is 1. The Morgan fingerprint density at radius 2 is 1.96 bits per heavy atom. The molecule has 0 saturated heterocycles. The lowest BCUT2D eigenvalue weighted by Gasteiger charge is -2.24. The highest BCUT2D eigenvalue weighted by molar-refractivity contribution is 6.04. The summed E-state index contributed by atoms with van der Waals surface area (Å²) in [5, 5.41) is 0. The summed E-state index contributed by atoms with van der Waals surface area (Å²) >= 11 is 0. The van der Waals surface area contributed by atoms with Crippen LogP contribution in [-0.4, -0.2) is 37.6 Å². The summed E-state index contributed by atoms with van der Waals surface area (Å²) in [6.45, 7) is 4.10. The van der Waals surface area contributed by atoms with E-state index in [-0.39, 0.29) is 11.7 Å². The lowest BCUT2D eigenvalue weighted by Crippen LogP contribution is -2.19. The van der Waals surface area contributed by atoms with E-state index in [0.29, 0.717) is 37.1 Å². The van der Waals surface area contributed by atoms with Crippen LogP contribution in [0.2, 0.25) is 0 Å². The smallest absolute Gasteiger partial charge is 0.355 e. The van der Waals surface area contributed by atoms with Gasteiger partial charge in [-0.15, -0.1) is 0 Å². The molecule has 1 aliphatic carbocycles. The minimum Gasteiger partial charge on any atom is -0.497 e. The van der Waals surface area contributed by atoms with E-state index in [2.05, 4.69) is 4.98 Å². The zero-order chi connectivity index (χ0) is 20.3. The lowest BCUT2D eigenvalue weighted by atomic mass is 9.80. The maximum absolute atomic E-state index is 13.1. The molecular formula is C22H27NO5. The number of carbonyl (C=O) groups excluding carboxylic acids is 2. The number of carbonyl (C=O) groups is 2. The summed E-state index contributed by atoms with van der Waals surface area (Å²) in [6, 6.07) is 5.62. The molecule has 28 heavy (non-hydrogen) atoms. The van der Waals surface area contributed by atoms with Crippen molar-refractivity contribution in [3.05, 3.63) is 46.3 Å². The number of rotatable bonds is 7. The SMILES string of the molecule is CCCc1c(C(=O)OCC)[nH]c2c1C(=O)C[C@H](c1cc(OC)ccc1OC)C2. The van der Waals surface area contributed by atoms with Gasteiger partial charge in [0.1, 0.15) is 17.2 Å². The van der Waals surface area contributed by atoms with Crippen molar-refractivity contribution in [2.45, 2.75) is 45.4 Å². The van der Waals surface area contributed by atoms with Crippen molar-refractivity contribution in [1.29, 1.82) is 0 Å². The van der Waals surface area contributed by atoms with Gasteiger partial charge < -0.3 is 19.2 Å². The molecule has 0 radical (unpaired) electrons. The highest BCUT2D eigenvalue weighted by atomic mass is 16.5. The summed E-state index contributed by atoms with van der Waals surface area (Å²) in [5.41, 5.74) is 3.61. The number of ketones is 1. The highest BCUT2D eigenvalue weighted by Gasteiger charge is 2.34. The number of Topliss-reactive ketones (excluding diaryl/α,β-unsaturated/α-hetero) is 1. The Kier molecular flexibility index (Phi) is 6.07. The molecule has 1 N–H and O–H groups in total. The molecule has 1 aliphatic rings. The number of fused-ring (bicyclic) bond motifs is 1. The first kappa shape index (κ1) is 20.0. The molecule has 0 fully saturated rings. The van der Waals surface area contributed by atoms with E-state index < -0.39 is 5.97 Å². The number of benzene rings is 1. The molecule has 1 aromatic heterocycles. The number of hydrogen-bond donors (Lipinski definition) is 1. The average Bonchev–Trinajstić information content (AvgIpc) is 3.07.